The van der Waals surface area contributed by atoms with Crippen LogP contribution in [0, 0.1) is 0 Å². The lowest BCUT2D eigenvalue weighted by Gasteiger charge is -2.20. The topological polar surface area (TPSA) is 23.1 Å². The fraction of sp³-hybridized carbons (Fsp3) is 0.333. The second-order valence-corrected chi connectivity index (χ2v) is 8.80. The molecule has 11 heavy (non-hydrogen) atoms. The maximum Gasteiger partial charge on any atom is 0.0783 e. The highest BCUT2D eigenvalue weighted by Crippen LogP contribution is 2.26. The lowest BCUT2D eigenvalue weighted by atomic mass is 10.3. The molecule has 1 aliphatic rings. The van der Waals surface area contributed by atoms with E-state index in [1.54, 1.807) is 0 Å². The van der Waals surface area contributed by atoms with Crippen molar-refractivity contribution in [3.8, 4) is 0 Å². The Labute approximate surface area is 68.8 Å². The largest absolute Gasteiger partial charge is 0.877 e. The molecule has 0 fully saturated rings. The average molecular weight is 165 g/mol. The third-order valence-corrected chi connectivity index (χ3v) is 3.86. The quantitative estimate of drug-likeness (QED) is 0.427. The van der Waals surface area contributed by atoms with Crippen molar-refractivity contribution in [1.29, 1.82) is 0 Å². The lowest BCUT2D eigenvalue weighted by molar-refractivity contribution is -0.275. The molecule has 0 N–H and O–H groups in total. The van der Waals surface area contributed by atoms with Gasteiger partial charge in [-0.25, -0.2) is 0 Å². The normalized spacial score (nSPS) is 21.0. The molecule has 0 aromatic rings. The Morgan fingerprint density at radius 3 is 2.36 bits per heavy atom. The van der Waals surface area contributed by atoms with Gasteiger partial charge in [-0.3, -0.25) is 0 Å². The van der Waals surface area contributed by atoms with Crippen molar-refractivity contribution < 1.29 is 5.11 Å². The molecule has 2 heteroatoms. The minimum absolute atomic E-state index is 0.879. The Bertz CT molecular complexity index is 241. The van der Waals surface area contributed by atoms with Crippen LogP contribution in [0.15, 0.2) is 35.3 Å². The Balaban J connectivity index is 2.94. The van der Waals surface area contributed by atoms with E-state index in [1.165, 1.54) is 5.20 Å². The summed E-state index contributed by atoms with van der Waals surface area (Å²) in [4.78, 5) is 0. The van der Waals surface area contributed by atoms with Gasteiger partial charge >= 0.3 is 0 Å². The zero-order valence-corrected chi connectivity index (χ0v) is 8.22. The number of rotatable bonds is 1. The second kappa shape index (κ2) is 2.70. The maximum absolute atomic E-state index is 10.6. The lowest BCUT2D eigenvalue weighted by Crippen LogP contribution is -2.24. The summed E-state index contributed by atoms with van der Waals surface area (Å²) in [6.07, 6.45) is 6.86. The number of allylic oxidation sites excluding steroid dienone is 5. The monoisotopic (exact) mass is 165 g/mol. The molecular weight excluding hydrogens is 152 g/mol. The smallest absolute Gasteiger partial charge is 0.0783 e. The van der Waals surface area contributed by atoms with Gasteiger partial charge < -0.3 is 5.11 Å². The predicted molar refractivity (Wildman–Crippen MR) is 48.7 cm³/mol. The van der Waals surface area contributed by atoms with E-state index >= 15 is 0 Å². The Morgan fingerprint density at radius 2 is 2.00 bits per heavy atom. The van der Waals surface area contributed by atoms with E-state index in [2.05, 4.69) is 25.7 Å². The van der Waals surface area contributed by atoms with Crippen LogP contribution in [0.25, 0.3) is 0 Å². The van der Waals surface area contributed by atoms with Gasteiger partial charge in [-0.2, -0.15) is 0 Å². The number of hydrogen-bond donors (Lipinski definition) is 0. The molecule has 0 aliphatic heterocycles. The van der Waals surface area contributed by atoms with Crippen LogP contribution in [-0.4, -0.2) is 8.07 Å². The minimum atomic E-state index is -1.28. The van der Waals surface area contributed by atoms with Gasteiger partial charge in [0.05, 0.1) is 8.07 Å². The molecule has 0 radical (unpaired) electrons. The van der Waals surface area contributed by atoms with E-state index in [9.17, 15) is 5.11 Å². The van der Waals surface area contributed by atoms with Gasteiger partial charge in [-0.05, 0) is 5.57 Å². The Kier molecular flexibility index (Phi) is 2.05. The molecule has 0 amide bonds. The minimum Gasteiger partial charge on any atom is -0.877 e. The zero-order valence-electron chi connectivity index (χ0n) is 7.22. The van der Waals surface area contributed by atoms with Crippen LogP contribution in [0.1, 0.15) is 0 Å². The fourth-order valence-electron chi connectivity index (χ4n) is 1.22. The van der Waals surface area contributed by atoms with Gasteiger partial charge in [0.1, 0.15) is 0 Å². The maximum atomic E-state index is 10.6. The van der Waals surface area contributed by atoms with Crippen molar-refractivity contribution in [1.82, 2.24) is 0 Å². The summed E-state index contributed by atoms with van der Waals surface area (Å²) >= 11 is 0. The van der Waals surface area contributed by atoms with Crippen LogP contribution in [0.5, 0.6) is 0 Å². The molecule has 0 saturated carbocycles. The molecule has 60 valence electrons. The van der Waals surface area contributed by atoms with Crippen LogP contribution in [0.2, 0.25) is 19.6 Å². The van der Waals surface area contributed by atoms with Crippen molar-refractivity contribution in [3.05, 3.63) is 35.3 Å². The Morgan fingerprint density at radius 1 is 1.36 bits per heavy atom. The van der Waals surface area contributed by atoms with E-state index < -0.39 is 8.07 Å². The summed E-state index contributed by atoms with van der Waals surface area (Å²) in [6, 6.07) is 0. The first kappa shape index (κ1) is 8.33. The van der Waals surface area contributed by atoms with E-state index in [1.807, 2.05) is 12.2 Å². The molecule has 0 saturated heterocycles. The summed E-state index contributed by atoms with van der Waals surface area (Å²) in [6.45, 7) is 6.74. The molecule has 1 rings (SSSR count). The van der Waals surface area contributed by atoms with E-state index in [-0.39, 0.29) is 0 Å². The highest BCUT2D eigenvalue weighted by atomic mass is 28.3. The van der Waals surface area contributed by atoms with Crippen LogP contribution in [-0.2, 0) is 0 Å². The van der Waals surface area contributed by atoms with Gasteiger partial charge in [0.25, 0.3) is 0 Å². The summed E-state index contributed by atoms with van der Waals surface area (Å²) in [5.41, 5.74) is 0.879. The van der Waals surface area contributed by atoms with E-state index in [4.69, 9.17) is 0 Å². The zero-order chi connectivity index (χ0) is 8.48. The summed E-state index contributed by atoms with van der Waals surface area (Å²) in [7, 11) is -1.28. The molecule has 1 aliphatic carbocycles. The predicted octanol–water partition coefficient (Wildman–Crippen LogP) is 1.60. The highest BCUT2D eigenvalue weighted by molar-refractivity contribution is 6.84. The van der Waals surface area contributed by atoms with Crippen LogP contribution in [0.3, 0.4) is 0 Å². The molecule has 0 atom stereocenters. The third-order valence-electron chi connectivity index (χ3n) is 1.78. The third kappa shape index (κ3) is 1.63. The van der Waals surface area contributed by atoms with Gasteiger partial charge in [0, 0.05) is 0 Å². The van der Waals surface area contributed by atoms with Crippen molar-refractivity contribution >= 4 is 8.07 Å². The number of hydrogen-bond acceptors (Lipinski definition) is 1. The van der Waals surface area contributed by atoms with Crippen molar-refractivity contribution in [2.75, 3.05) is 0 Å². The van der Waals surface area contributed by atoms with Gasteiger partial charge in [-0.15, -0.1) is 6.26 Å². The van der Waals surface area contributed by atoms with Crippen LogP contribution < -0.4 is 5.11 Å². The Hall–Kier alpha value is -0.763. The molecule has 0 spiro atoms. The summed E-state index contributed by atoms with van der Waals surface area (Å²) < 4.78 is 0. The van der Waals surface area contributed by atoms with Gasteiger partial charge in [-0.1, -0.05) is 43.1 Å². The summed E-state index contributed by atoms with van der Waals surface area (Å²) in [5, 5.41) is 11.8. The van der Waals surface area contributed by atoms with E-state index in [0.29, 0.717) is 0 Å². The first-order chi connectivity index (χ1) is 5.05. The van der Waals surface area contributed by atoms with Crippen molar-refractivity contribution in [3.63, 3.8) is 0 Å². The molecule has 0 heterocycles. The molecular formula is C9H13OSi-. The molecule has 0 unspecified atom stereocenters. The van der Waals surface area contributed by atoms with Gasteiger partial charge in [0.15, 0.2) is 0 Å². The fourth-order valence-corrected chi connectivity index (χ4v) is 2.82. The van der Waals surface area contributed by atoms with Crippen molar-refractivity contribution in [2.45, 2.75) is 19.6 Å². The van der Waals surface area contributed by atoms with Gasteiger partial charge in [0.2, 0.25) is 0 Å². The van der Waals surface area contributed by atoms with E-state index in [0.717, 1.165) is 11.8 Å². The molecule has 0 aromatic carbocycles. The van der Waals surface area contributed by atoms with Crippen molar-refractivity contribution in [2.24, 2.45) is 0 Å². The molecule has 0 aromatic heterocycles. The first-order valence-corrected chi connectivity index (χ1v) is 7.27. The molecule has 0 bridgehead atoms. The van der Waals surface area contributed by atoms with Crippen LogP contribution >= 0.6 is 0 Å². The first-order valence-electron chi connectivity index (χ1n) is 3.77. The highest BCUT2D eigenvalue weighted by Gasteiger charge is 2.21. The van der Waals surface area contributed by atoms with Crippen LogP contribution in [0.4, 0.5) is 0 Å². The molecule has 1 nitrogen and oxygen atoms in total. The summed E-state index contributed by atoms with van der Waals surface area (Å²) in [5.74, 6) is 0. The SMILES string of the molecule is C[Si](C)(C)C1=CC=C/C1=C\[O-]. The standard InChI is InChI=1S/C9H14OSi/c1-11(2,3)9-6-4-5-8(9)7-10/h4-7,10H,1-3H3/p-1/b8-7+. The second-order valence-electron chi connectivity index (χ2n) is 3.76. The average Bonchev–Trinajstić information content (AvgIpc) is 2.31.